The summed E-state index contributed by atoms with van der Waals surface area (Å²) in [7, 11) is 0. The molecule has 0 saturated carbocycles. The number of rotatable bonds is 6. The molecule has 1 fully saturated rings. The van der Waals surface area contributed by atoms with Crippen molar-refractivity contribution in [2.24, 2.45) is 0 Å². The van der Waals surface area contributed by atoms with Crippen LogP contribution in [0.4, 0.5) is 13.2 Å². The second-order valence-electron chi connectivity index (χ2n) is 6.23. The molecule has 1 saturated heterocycles. The average Bonchev–Trinajstić information content (AvgIpc) is 2.85. The number of aliphatic hydroxyl groups is 1. The second kappa shape index (κ2) is 7.63. The molecule has 0 radical (unpaired) electrons. The first-order chi connectivity index (χ1) is 10.8. The van der Waals surface area contributed by atoms with Gasteiger partial charge in [-0.1, -0.05) is 6.92 Å². The van der Waals surface area contributed by atoms with Crippen LogP contribution < -0.4 is 0 Å². The van der Waals surface area contributed by atoms with Crippen LogP contribution >= 0.6 is 0 Å². The fourth-order valence-electron chi connectivity index (χ4n) is 3.10. The van der Waals surface area contributed by atoms with E-state index >= 15 is 0 Å². The monoisotopic (exact) mass is 334 g/mol. The molecule has 0 amide bonds. The summed E-state index contributed by atoms with van der Waals surface area (Å²) in [6.07, 6.45) is -0.870. The number of halogens is 3. The topological polar surface area (TPSA) is 44.5 Å². The van der Waals surface area contributed by atoms with Gasteiger partial charge in [-0.15, -0.1) is 0 Å². The molecule has 2 heterocycles. The quantitative estimate of drug-likeness (QED) is 0.860. The zero-order chi connectivity index (χ0) is 17.0. The highest BCUT2D eigenvalue weighted by atomic mass is 19.4. The molecule has 1 aromatic heterocycles. The minimum atomic E-state index is -4.24. The van der Waals surface area contributed by atoms with Crippen LogP contribution in [-0.4, -0.2) is 69.0 Å². The summed E-state index contributed by atoms with van der Waals surface area (Å²) in [6.45, 7) is 6.27. The third-order valence-electron chi connectivity index (χ3n) is 4.18. The van der Waals surface area contributed by atoms with E-state index in [4.69, 9.17) is 0 Å². The molecular formula is C15H25F3N4O. The molecule has 1 N–H and O–H groups in total. The molecule has 0 bridgehead atoms. The first-order valence-corrected chi connectivity index (χ1v) is 7.99. The van der Waals surface area contributed by atoms with Crippen molar-refractivity contribution in [3.63, 3.8) is 0 Å². The summed E-state index contributed by atoms with van der Waals surface area (Å²) in [5.74, 6) is 0.446. The largest absolute Gasteiger partial charge is 0.406 e. The predicted octanol–water partition coefficient (Wildman–Crippen LogP) is 1.72. The predicted molar refractivity (Wildman–Crippen MR) is 80.9 cm³/mol. The van der Waals surface area contributed by atoms with E-state index in [1.54, 1.807) is 6.92 Å². The normalized spacial score (nSPS) is 22.4. The van der Waals surface area contributed by atoms with Crippen LogP contribution in [0.15, 0.2) is 12.4 Å². The average molecular weight is 334 g/mol. The first kappa shape index (κ1) is 18.2. The molecule has 5 nitrogen and oxygen atoms in total. The van der Waals surface area contributed by atoms with Gasteiger partial charge >= 0.3 is 6.18 Å². The Morgan fingerprint density at radius 3 is 2.74 bits per heavy atom. The van der Waals surface area contributed by atoms with E-state index in [1.165, 1.54) is 17.0 Å². The van der Waals surface area contributed by atoms with Crippen LogP contribution in [0, 0.1) is 0 Å². The number of alkyl halides is 3. The third kappa shape index (κ3) is 5.47. The van der Waals surface area contributed by atoms with Crippen molar-refractivity contribution >= 4 is 0 Å². The van der Waals surface area contributed by atoms with Gasteiger partial charge in [0.2, 0.25) is 0 Å². The zero-order valence-corrected chi connectivity index (χ0v) is 13.6. The van der Waals surface area contributed by atoms with Gasteiger partial charge in [0, 0.05) is 44.6 Å². The van der Waals surface area contributed by atoms with Crippen LogP contribution in [-0.2, 0) is 13.1 Å². The number of aliphatic hydroxyl groups excluding tert-OH is 1. The van der Waals surface area contributed by atoms with Crippen molar-refractivity contribution in [1.82, 2.24) is 19.4 Å². The molecule has 0 aromatic carbocycles. The van der Waals surface area contributed by atoms with Crippen molar-refractivity contribution in [2.75, 3.05) is 26.2 Å². The van der Waals surface area contributed by atoms with E-state index in [-0.39, 0.29) is 6.10 Å². The summed E-state index contributed by atoms with van der Waals surface area (Å²) >= 11 is 0. The Morgan fingerprint density at radius 2 is 2.13 bits per heavy atom. The van der Waals surface area contributed by atoms with Crippen LogP contribution in [0.3, 0.4) is 0 Å². The molecule has 2 atom stereocenters. The Balaban J connectivity index is 1.96. The van der Waals surface area contributed by atoms with Gasteiger partial charge in [-0.25, -0.2) is 4.98 Å². The van der Waals surface area contributed by atoms with Gasteiger partial charge < -0.3 is 9.67 Å². The lowest BCUT2D eigenvalue weighted by atomic mass is 10.1. The lowest BCUT2D eigenvalue weighted by molar-refractivity contribution is -0.141. The van der Waals surface area contributed by atoms with Crippen molar-refractivity contribution in [3.8, 4) is 0 Å². The molecule has 0 spiro atoms. The standard InChI is InChI=1S/C15H25F3N4O/c1-3-13-9-20(6-7-21(13)8-12(2)23)10-14-19-4-5-22(14)11-15(16,17)18/h4-5,12-13,23H,3,6-11H2,1-2H3/t12-,13+/m0/s1. The molecule has 1 aromatic rings. The molecule has 1 aliphatic rings. The third-order valence-corrected chi connectivity index (χ3v) is 4.18. The van der Waals surface area contributed by atoms with E-state index < -0.39 is 12.7 Å². The maximum atomic E-state index is 12.6. The highest BCUT2D eigenvalue weighted by molar-refractivity contribution is 4.95. The van der Waals surface area contributed by atoms with Gasteiger partial charge in [0.05, 0.1) is 12.6 Å². The van der Waals surface area contributed by atoms with E-state index in [0.29, 0.717) is 25.0 Å². The molecule has 132 valence electrons. The Labute approximate surface area is 134 Å². The van der Waals surface area contributed by atoms with Crippen LogP contribution in [0.5, 0.6) is 0 Å². The van der Waals surface area contributed by atoms with E-state index in [0.717, 1.165) is 26.1 Å². The van der Waals surface area contributed by atoms with E-state index in [2.05, 4.69) is 21.7 Å². The number of imidazole rings is 1. The van der Waals surface area contributed by atoms with Gasteiger partial charge in [-0.2, -0.15) is 13.2 Å². The summed E-state index contributed by atoms with van der Waals surface area (Å²) in [5.41, 5.74) is 0. The van der Waals surface area contributed by atoms with Gasteiger partial charge in [-0.05, 0) is 13.3 Å². The number of β-amino-alcohol motifs (C(OH)–C–C–N with tert-alkyl or cyclic N) is 1. The number of hydrogen-bond donors (Lipinski definition) is 1. The minimum absolute atomic E-state index is 0.310. The number of piperazine rings is 1. The summed E-state index contributed by atoms with van der Waals surface area (Å²) in [5, 5.41) is 9.56. The van der Waals surface area contributed by atoms with Crippen molar-refractivity contribution in [1.29, 1.82) is 0 Å². The number of nitrogens with zero attached hydrogens (tertiary/aromatic N) is 4. The Kier molecular flexibility index (Phi) is 6.05. The highest BCUT2D eigenvalue weighted by Crippen LogP contribution is 2.20. The van der Waals surface area contributed by atoms with Crippen LogP contribution in [0.2, 0.25) is 0 Å². The summed E-state index contributed by atoms with van der Waals surface area (Å²) < 4.78 is 38.9. The van der Waals surface area contributed by atoms with E-state index in [9.17, 15) is 18.3 Å². The summed E-state index contributed by atoms with van der Waals surface area (Å²) in [4.78, 5) is 8.47. The fraction of sp³-hybridized carbons (Fsp3) is 0.800. The highest BCUT2D eigenvalue weighted by Gasteiger charge is 2.30. The number of aromatic nitrogens is 2. The van der Waals surface area contributed by atoms with E-state index in [1.807, 2.05) is 0 Å². The maximum absolute atomic E-state index is 12.6. The van der Waals surface area contributed by atoms with Gasteiger partial charge in [0.25, 0.3) is 0 Å². The Bertz CT molecular complexity index is 489. The van der Waals surface area contributed by atoms with Gasteiger partial charge in [0.15, 0.2) is 0 Å². The maximum Gasteiger partial charge on any atom is 0.406 e. The molecule has 0 aliphatic carbocycles. The number of hydrogen-bond acceptors (Lipinski definition) is 4. The molecule has 2 rings (SSSR count). The molecule has 1 aliphatic heterocycles. The lowest BCUT2D eigenvalue weighted by Crippen LogP contribution is -2.54. The molecular weight excluding hydrogens is 309 g/mol. The molecule has 23 heavy (non-hydrogen) atoms. The fourth-order valence-corrected chi connectivity index (χ4v) is 3.10. The zero-order valence-electron chi connectivity index (χ0n) is 13.6. The van der Waals surface area contributed by atoms with Crippen LogP contribution in [0.25, 0.3) is 0 Å². The SMILES string of the molecule is CC[C@@H]1CN(Cc2nccn2CC(F)(F)F)CCN1C[C@H](C)O. The van der Waals surface area contributed by atoms with Crippen molar-refractivity contribution < 1.29 is 18.3 Å². The second-order valence-corrected chi connectivity index (χ2v) is 6.23. The molecule has 8 heteroatoms. The Morgan fingerprint density at radius 1 is 1.39 bits per heavy atom. The lowest BCUT2D eigenvalue weighted by Gasteiger charge is -2.41. The van der Waals surface area contributed by atoms with Crippen molar-refractivity contribution in [2.45, 2.75) is 51.7 Å². The Hall–Kier alpha value is -1.12. The summed E-state index contributed by atoms with van der Waals surface area (Å²) in [6, 6.07) is 0.310. The minimum Gasteiger partial charge on any atom is -0.392 e. The first-order valence-electron chi connectivity index (χ1n) is 7.99. The van der Waals surface area contributed by atoms with Crippen molar-refractivity contribution in [3.05, 3.63) is 18.2 Å². The smallest absolute Gasteiger partial charge is 0.392 e. The molecule has 0 unspecified atom stereocenters. The van der Waals surface area contributed by atoms with Gasteiger partial charge in [-0.3, -0.25) is 9.80 Å². The van der Waals surface area contributed by atoms with Crippen LogP contribution in [0.1, 0.15) is 26.1 Å². The van der Waals surface area contributed by atoms with Gasteiger partial charge in [0.1, 0.15) is 12.4 Å².